The molecular formula is C26H34N6O. The molecule has 7 heteroatoms. The van der Waals surface area contributed by atoms with E-state index in [1.165, 1.54) is 5.56 Å². The van der Waals surface area contributed by atoms with Crippen LogP contribution in [-0.4, -0.2) is 43.9 Å². The molecule has 4 rings (SSSR count). The van der Waals surface area contributed by atoms with E-state index in [9.17, 15) is 4.79 Å². The molecule has 174 valence electrons. The molecule has 0 N–H and O–H groups in total. The first-order valence-electron chi connectivity index (χ1n) is 11.8. The minimum absolute atomic E-state index is 0.172. The summed E-state index contributed by atoms with van der Waals surface area (Å²) in [4.78, 5) is 30.8. The van der Waals surface area contributed by atoms with Gasteiger partial charge in [0.05, 0.1) is 18.6 Å². The van der Waals surface area contributed by atoms with Crippen LogP contribution in [-0.2, 0) is 30.8 Å². The maximum atomic E-state index is 12.7. The SMILES string of the molecule is Cc1nc(CN(C)Cc2cncn2Cc2ccccc2)nc2c1CCC(=O)N2CCC(C)C. The first-order valence-corrected chi connectivity index (χ1v) is 11.8. The summed E-state index contributed by atoms with van der Waals surface area (Å²) in [6.45, 7) is 9.26. The van der Waals surface area contributed by atoms with E-state index < -0.39 is 0 Å². The molecule has 0 atom stereocenters. The predicted octanol–water partition coefficient (Wildman–Crippen LogP) is 3.99. The molecule has 0 spiro atoms. The van der Waals surface area contributed by atoms with Gasteiger partial charge < -0.3 is 4.57 Å². The smallest absolute Gasteiger partial charge is 0.228 e. The first-order chi connectivity index (χ1) is 15.9. The van der Waals surface area contributed by atoms with E-state index in [2.05, 4.69) is 59.6 Å². The van der Waals surface area contributed by atoms with Crippen molar-refractivity contribution < 1.29 is 4.79 Å². The number of imidazole rings is 1. The number of hydrogen-bond acceptors (Lipinski definition) is 5. The van der Waals surface area contributed by atoms with Crippen molar-refractivity contribution in [3.05, 3.63) is 71.2 Å². The summed E-state index contributed by atoms with van der Waals surface area (Å²) in [7, 11) is 2.07. The molecule has 0 saturated carbocycles. The van der Waals surface area contributed by atoms with E-state index in [0.717, 1.165) is 54.5 Å². The highest BCUT2D eigenvalue weighted by Gasteiger charge is 2.28. The van der Waals surface area contributed by atoms with Crippen LogP contribution < -0.4 is 4.90 Å². The van der Waals surface area contributed by atoms with Crippen LogP contribution in [0.5, 0.6) is 0 Å². The fourth-order valence-electron chi connectivity index (χ4n) is 4.30. The normalized spacial score (nSPS) is 13.8. The fraction of sp³-hybridized carbons (Fsp3) is 0.462. The van der Waals surface area contributed by atoms with Crippen molar-refractivity contribution >= 4 is 11.7 Å². The van der Waals surface area contributed by atoms with Gasteiger partial charge in [-0.3, -0.25) is 14.6 Å². The minimum Gasteiger partial charge on any atom is -0.329 e. The van der Waals surface area contributed by atoms with Gasteiger partial charge in [-0.15, -0.1) is 0 Å². The number of nitrogens with zero attached hydrogens (tertiary/aromatic N) is 6. The number of benzene rings is 1. The number of aryl methyl sites for hydroxylation is 1. The molecule has 3 heterocycles. The topological polar surface area (TPSA) is 67.2 Å². The zero-order valence-electron chi connectivity index (χ0n) is 20.2. The van der Waals surface area contributed by atoms with Gasteiger partial charge in [0, 0.05) is 43.5 Å². The number of hydrogen-bond donors (Lipinski definition) is 0. The Bertz CT molecular complexity index is 1090. The summed E-state index contributed by atoms with van der Waals surface area (Å²) in [5.74, 6) is 2.28. The molecule has 0 fully saturated rings. The molecule has 0 unspecified atom stereocenters. The molecule has 2 aromatic heterocycles. The quantitative estimate of drug-likeness (QED) is 0.497. The highest BCUT2D eigenvalue weighted by molar-refractivity contribution is 5.95. The van der Waals surface area contributed by atoms with E-state index in [1.807, 2.05) is 30.4 Å². The van der Waals surface area contributed by atoms with Crippen molar-refractivity contribution in [1.29, 1.82) is 0 Å². The average Bonchev–Trinajstić information content (AvgIpc) is 3.19. The molecule has 3 aromatic rings. The van der Waals surface area contributed by atoms with Gasteiger partial charge >= 0.3 is 0 Å². The van der Waals surface area contributed by atoms with E-state index >= 15 is 0 Å². The second-order valence-corrected chi connectivity index (χ2v) is 9.43. The lowest BCUT2D eigenvalue weighted by Crippen LogP contribution is -2.38. The van der Waals surface area contributed by atoms with Gasteiger partial charge in [0.2, 0.25) is 5.91 Å². The third kappa shape index (κ3) is 5.66. The minimum atomic E-state index is 0.172. The molecule has 1 aliphatic heterocycles. The van der Waals surface area contributed by atoms with E-state index in [1.54, 1.807) is 0 Å². The van der Waals surface area contributed by atoms with Crippen molar-refractivity contribution in [1.82, 2.24) is 24.4 Å². The lowest BCUT2D eigenvalue weighted by molar-refractivity contribution is -0.119. The Morgan fingerprint density at radius 3 is 2.64 bits per heavy atom. The lowest BCUT2D eigenvalue weighted by Gasteiger charge is -2.30. The molecule has 33 heavy (non-hydrogen) atoms. The molecule has 1 amide bonds. The molecular weight excluding hydrogens is 412 g/mol. The van der Waals surface area contributed by atoms with Crippen molar-refractivity contribution in [3.8, 4) is 0 Å². The van der Waals surface area contributed by atoms with Gasteiger partial charge in [-0.05, 0) is 38.3 Å². The maximum Gasteiger partial charge on any atom is 0.228 e. The number of rotatable bonds is 9. The van der Waals surface area contributed by atoms with Crippen molar-refractivity contribution in [2.45, 2.75) is 59.7 Å². The third-order valence-electron chi connectivity index (χ3n) is 6.15. The monoisotopic (exact) mass is 446 g/mol. The second kappa shape index (κ2) is 10.3. The number of fused-ring (bicyclic) bond motifs is 1. The Hall–Kier alpha value is -3.06. The molecule has 1 aliphatic rings. The Kier molecular flexibility index (Phi) is 7.18. The molecule has 0 bridgehead atoms. The molecule has 7 nitrogen and oxygen atoms in total. The summed E-state index contributed by atoms with van der Waals surface area (Å²) < 4.78 is 2.18. The van der Waals surface area contributed by atoms with Gasteiger partial charge in [-0.25, -0.2) is 15.0 Å². The number of anilines is 1. The van der Waals surface area contributed by atoms with Crippen LogP contribution in [0.25, 0.3) is 0 Å². The highest BCUT2D eigenvalue weighted by Crippen LogP contribution is 2.28. The first kappa shape index (κ1) is 23.1. The number of carbonyl (C=O) groups excluding carboxylic acids is 1. The van der Waals surface area contributed by atoms with Crippen LogP contribution in [0.3, 0.4) is 0 Å². The highest BCUT2D eigenvalue weighted by atomic mass is 16.2. The van der Waals surface area contributed by atoms with Gasteiger partial charge in [-0.1, -0.05) is 44.2 Å². The number of aromatic nitrogens is 4. The molecule has 1 aromatic carbocycles. The Balaban J connectivity index is 1.48. The van der Waals surface area contributed by atoms with Crippen LogP contribution in [0.2, 0.25) is 0 Å². The second-order valence-electron chi connectivity index (χ2n) is 9.43. The van der Waals surface area contributed by atoms with E-state index in [4.69, 9.17) is 9.97 Å². The molecule has 0 radical (unpaired) electrons. The van der Waals surface area contributed by atoms with Crippen LogP contribution in [0.4, 0.5) is 5.82 Å². The van der Waals surface area contributed by atoms with Crippen LogP contribution >= 0.6 is 0 Å². The fourth-order valence-corrected chi connectivity index (χ4v) is 4.30. The van der Waals surface area contributed by atoms with Gasteiger partial charge in [0.1, 0.15) is 11.6 Å². The predicted molar refractivity (Wildman–Crippen MR) is 130 cm³/mol. The summed E-state index contributed by atoms with van der Waals surface area (Å²) in [6.07, 6.45) is 6.04. The average molecular weight is 447 g/mol. The van der Waals surface area contributed by atoms with Crippen LogP contribution in [0.15, 0.2) is 42.9 Å². The van der Waals surface area contributed by atoms with Gasteiger partial charge in [0.25, 0.3) is 0 Å². The largest absolute Gasteiger partial charge is 0.329 e. The Morgan fingerprint density at radius 2 is 1.88 bits per heavy atom. The Labute approximate surface area is 196 Å². The van der Waals surface area contributed by atoms with Crippen LogP contribution in [0.1, 0.15) is 55.0 Å². The maximum absolute atomic E-state index is 12.7. The summed E-state index contributed by atoms with van der Waals surface area (Å²) >= 11 is 0. The molecule has 0 saturated heterocycles. The van der Waals surface area contributed by atoms with Crippen molar-refractivity contribution in [3.63, 3.8) is 0 Å². The van der Waals surface area contributed by atoms with Crippen molar-refractivity contribution in [2.24, 2.45) is 5.92 Å². The van der Waals surface area contributed by atoms with Crippen LogP contribution in [0, 0.1) is 12.8 Å². The summed E-state index contributed by atoms with van der Waals surface area (Å²) in [5, 5.41) is 0. The van der Waals surface area contributed by atoms with Crippen molar-refractivity contribution in [2.75, 3.05) is 18.5 Å². The van der Waals surface area contributed by atoms with E-state index in [0.29, 0.717) is 25.4 Å². The third-order valence-corrected chi connectivity index (χ3v) is 6.15. The summed E-state index contributed by atoms with van der Waals surface area (Å²) in [6, 6.07) is 10.4. The summed E-state index contributed by atoms with van der Waals surface area (Å²) in [5.41, 5.74) is 4.49. The standard InChI is InChI=1S/C26H34N6O/c1-19(2)12-13-32-25(33)11-10-23-20(3)28-24(29-26(23)32)17-30(4)16-22-14-27-18-31(22)15-21-8-6-5-7-9-21/h5-9,14,18-19H,10-13,15-17H2,1-4H3. The zero-order chi connectivity index (χ0) is 23.4. The Morgan fingerprint density at radius 1 is 1.09 bits per heavy atom. The lowest BCUT2D eigenvalue weighted by atomic mass is 10.0. The molecule has 0 aliphatic carbocycles. The van der Waals surface area contributed by atoms with Gasteiger partial charge in [-0.2, -0.15) is 0 Å². The number of carbonyl (C=O) groups is 1. The van der Waals surface area contributed by atoms with E-state index in [-0.39, 0.29) is 5.91 Å². The zero-order valence-corrected chi connectivity index (χ0v) is 20.2. The van der Waals surface area contributed by atoms with Gasteiger partial charge in [0.15, 0.2) is 0 Å². The number of amides is 1.